The summed E-state index contributed by atoms with van der Waals surface area (Å²) in [5, 5.41) is 0. The predicted octanol–water partition coefficient (Wildman–Crippen LogP) is 3.67. The van der Waals surface area contributed by atoms with Crippen molar-refractivity contribution < 1.29 is 14.2 Å². The number of hydrogen-bond donors (Lipinski definition) is 0. The molecule has 25 heavy (non-hydrogen) atoms. The Morgan fingerprint density at radius 1 is 1.12 bits per heavy atom. The minimum Gasteiger partial charge on any atom is -0.490 e. The second-order valence-corrected chi connectivity index (χ2v) is 6.73. The van der Waals surface area contributed by atoms with E-state index in [0.29, 0.717) is 19.8 Å². The van der Waals surface area contributed by atoms with Crippen LogP contribution in [0.4, 0.5) is 5.82 Å². The zero-order chi connectivity index (χ0) is 17.3. The van der Waals surface area contributed by atoms with E-state index in [4.69, 9.17) is 14.2 Å². The molecule has 1 fully saturated rings. The first-order valence-corrected chi connectivity index (χ1v) is 9.35. The van der Waals surface area contributed by atoms with Gasteiger partial charge in [-0.2, -0.15) is 0 Å². The van der Waals surface area contributed by atoms with E-state index < -0.39 is 0 Å². The quantitative estimate of drug-likeness (QED) is 0.625. The van der Waals surface area contributed by atoms with E-state index in [-0.39, 0.29) is 0 Å². The van der Waals surface area contributed by atoms with Crippen molar-refractivity contribution in [2.24, 2.45) is 0 Å². The third kappa shape index (κ3) is 5.70. The Morgan fingerprint density at radius 3 is 2.72 bits per heavy atom. The second kappa shape index (κ2) is 9.75. The maximum absolute atomic E-state index is 5.97. The molecule has 3 rings (SSSR count). The highest BCUT2D eigenvalue weighted by atomic mass is 79.9. The monoisotopic (exact) mass is 406 g/mol. The van der Waals surface area contributed by atoms with Crippen molar-refractivity contribution in [2.75, 3.05) is 44.4 Å². The summed E-state index contributed by atoms with van der Waals surface area (Å²) in [7, 11) is 0. The van der Waals surface area contributed by atoms with E-state index in [9.17, 15) is 0 Å². The van der Waals surface area contributed by atoms with Crippen molar-refractivity contribution in [1.29, 1.82) is 0 Å². The lowest BCUT2D eigenvalue weighted by Crippen LogP contribution is -2.37. The van der Waals surface area contributed by atoms with Gasteiger partial charge in [-0.25, -0.2) is 4.98 Å². The minimum atomic E-state index is 0.601. The molecular formula is C19H23BrN2O3. The number of morpholine rings is 1. The fourth-order valence-corrected chi connectivity index (χ4v) is 2.95. The van der Waals surface area contributed by atoms with Crippen LogP contribution in [0.5, 0.6) is 5.75 Å². The molecule has 0 saturated carbocycles. The number of nitrogens with zero attached hydrogens (tertiary/aromatic N) is 2. The number of rotatable bonds is 8. The zero-order valence-electron chi connectivity index (χ0n) is 14.2. The van der Waals surface area contributed by atoms with E-state index in [0.717, 1.165) is 48.8 Å². The standard InChI is InChI=1S/C19H23BrN2O3/c20-17-13-18(19(21-14-17)22-7-11-23-12-8-22)25-10-4-9-24-15-16-5-2-1-3-6-16/h1-3,5-6,13-14H,4,7-12,15H2. The van der Waals surface area contributed by atoms with Crippen LogP contribution in [0.3, 0.4) is 0 Å². The molecule has 5 nitrogen and oxygen atoms in total. The molecule has 0 bridgehead atoms. The summed E-state index contributed by atoms with van der Waals surface area (Å²) < 4.78 is 18.0. The second-order valence-electron chi connectivity index (χ2n) is 5.81. The van der Waals surface area contributed by atoms with Crippen molar-refractivity contribution in [3.63, 3.8) is 0 Å². The highest BCUT2D eigenvalue weighted by Crippen LogP contribution is 2.29. The molecule has 2 heterocycles. The van der Waals surface area contributed by atoms with Gasteiger partial charge in [0.25, 0.3) is 0 Å². The van der Waals surface area contributed by atoms with Crippen LogP contribution in [-0.2, 0) is 16.1 Å². The summed E-state index contributed by atoms with van der Waals surface area (Å²) in [5.41, 5.74) is 1.19. The lowest BCUT2D eigenvalue weighted by atomic mass is 10.2. The van der Waals surface area contributed by atoms with E-state index in [1.54, 1.807) is 6.20 Å². The van der Waals surface area contributed by atoms with Crippen LogP contribution in [-0.4, -0.2) is 44.5 Å². The Kier molecular flexibility index (Phi) is 7.09. The molecule has 0 N–H and O–H groups in total. The average Bonchev–Trinajstić information content (AvgIpc) is 2.66. The fourth-order valence-electron chi connectivity index (χ4n) is 2.64. The van der Waals surface area contributed by atoms with Gasteiger partial charge in [0.1, 0.15) is 0 Å². The summed E-state index contributed by atoms with van der Waals surface area (Å²) in [6, 6.07) is 12.2. The first-order valence-electron chi connectivity index (χ1n) is 8.55. The lowest BCUT2D eigenvalue weighted by Gasteiger charge is -2.29. The van der Waals surface area contributed by atoms with Crippen LogP contribution in [0.2, 0.25) is 0 Å². The van der Waals surface area contributed by atoms with E-state index in [1.165, 1.54) is 5.56 Å². The summed E-state index contributed by atoms with van der Waals surface area (Å²) in [4.78, 5) is 6.73. The van der Waals surface area contributed by atoms with Crippen molar-refractivity contribution in [3.8, 4) is 5.75 Å². The van der Waals surface area contributed by atoms with Crippen molar-refractivity contribution >= 4 is 21.7 Å². The molecular weight excluding hydrogens is 384 g/mol. The Balaban J connectivity index is 1.45. The SMILES string of the molecule is Brc1cnc(N2CCOCC2)c(OCCCOCc2ccccc2)c1. The van der Waals surface area contributed by atoms with Crippen molar-refractivity contribution in [1.82, 2.24) is 4.98 Å². The Bertz CT molecular complexity index is 648. The number of aromatic nitrogens is 1. The largest absolute Gasteiger partial charge is 0.490 e. The maximum Gasteiger partial charge on any atom is 0.171 e. The molecule has 1 aliphatic heterocycles. The van der Waals surface area contributed by atoms with Crippen molar-refractivity contribution in [2.45, 2.75) is 13.0 Å². The summed E-state index contributed by atoms with van der Waals surface area (Å²) in [6.45, 7) is 5.04. The van der Waals surface area contributed by atoms with Gasteiger partial charge < -0.3 is 19.1 Å². The minimum absolute atomic E-state index is 0.601. The van der Waals surface area contributed by atoms with Gasteiger partial charge in [0.15, 0.2) is 11.6 Å². The molecule has 1 saturated heterocycles. The van der Waals surface area contributed by atoms with Crippen LogP contribution in [0, 0.1) is 0 Å². The third-order valence-electron chi connectivity index (χ3n) is 3.91. The van der Waals surface area contributed by atoms with Gasteiger partial charge in [-0.1, -0.05) is 30.3 Å². The Morgan fingerprint density at radius 2 is 1.92 bits per heavy atom. The number of pyridine rings is 1. The average molecular weight is 407 g/mol. The zero-order valence-corrected chi connectivity index (χ0v) is 15.8. The highest BCUT2D eigenvalue weighted by Gasteiger charge is 2.17. The Hall–Kier alpha value is -1.63. The van der Waals surface area contributed by atoms with Crippen molar-refractivity contribution in [3.05, 3.63) is 52.6 Å². The van der Waals surface area contributed by atoms with Gasteiger partial charge >= 0.3 is 0 Å². The third-order valence-corrected chi connectivity index (χ3v) is 4.35. The molecule has 1 aromatic carbocycles. The summed E-state index contributed by atoms with van der Waals surface area (Å²) in [5.74, 6) is 1.69. The molecule has 1 aromatic heterocycles. The first kappa shape index (κ1) is 18.2. The van der Waals surface area contributed by atoms with Gasteiger partial charge in [-0.05, 0) is 27.6 Å². The van der Waals surface area contributed by atoms with Crippen LogP contribution >= 0.6 is 15.9 Å². The van der Waals surface area contributed by atoms with Crippen LogP contribution in [0.1, 0.15) is 12.0 Å². The topological polar surface area (TPSA) is 43.8 Å². The summed E-state index contributed by atoms with van der Waals surface area (Å²) in [6.07, 6.45) is 2.64. The summed E-state index contributed by atoms with van der Waals surface area (Å²) >= 11 is 3.47. The molecule has 0 atom stereocenters. The van der Waals surface area contributed by atoms with Gasteiger partial charge in [-0.3, -0.25) is 0 Å². The molecule has 134 valence electrons. The number of benzene rings is 1. The molecule has 0 unspecified atom stereocenters. The molecule has 0 amide bonds. The van der Waals surface area contributed by atoms with Crippen LogP contribution in [0.15, 0.2) is 47.1 Å². The fraction of sp³-hybridized carbons (Fsp3) is 0.421. The highest BCUT2D eigenvalue weighted by molar-refractivity contribution is 9.10. The molecule has 6 heteroatoms. The lowest BCUT2D eigenvalue weighted by molar-refractivity contribution is 0.107. The predicted molar refractivity (Wildman–Crippen MR) is 101 cm³/mol. The normalized spacial score (nSPS) is 14.5. The van der Waals surface area contributed by atoms with Crippen LogP contribution < -0.4 is 9.64 Å². The molecule has 0 spiro atoms. The van der Waals surface area contributed by atoms with Crippen LogP contribution in [0.25, 0.3) is 0 Å². The number of anilines is 1. The Labute approximate surface area is 157 Å². The molecule has 2 aromatic rings. The maximum atomic E-state index is 5.97. The smallest absolute Gasteiger partial charge is 0.171 e. The van der Waals surface area contributed by atoms with Gasteiger partial charge in [0.05, 0.1) is 33.0 Å². The van der Waals surface area contributed by atoms with E-state index in [2.05, 4.69) is 37.9 Å². The van der Waals surface area contributed by atoms with Gasteiger partial charge in [0, 0.05) is 30.2 Å². The van der Waals surface area contributed by atoms with Gasteiger partial charge in [0.2, 0.25) is 0 Å². The number of halogens is 1. The molecule has 1 aliphatic rings. The molecule has 0 radical (unpaired) electrons. The number of ether oxygens (including phenoxy) is 3. The first-order chi connectivity index (χ1) is 12.3. The molecule has 0 aliphatic carbocycles. The van der Waals surface area contributed by atoms with Gasteiger partial charge in [-0.15, -0.1) is 0 Å². The van der Waals surface area contributed by atoms with E-state index in [1.807, 2.05) is 24.3 Å². The number of hydrogen-bond acceptors (Lipinski definition) is 5. The van der Waals surface area contributed by atoms with E-state index >= 15 is 0 Å².